The molecule has 1 aromatic heterocycles. The van der Waals surface area contributed by atoms with Crippen molar-refractivity contribution in [3.8, 4) is 11.6 Å². The SMILES string of the molecule is CCOc1ccc(COc2ccccn2)cc1. The fourth-order valence-electron chi connectivity index (χ4n) is 1.44. The van der Waals surface area contributed by atoms with E-state index < -0.39 is 0 Å². The maximum absolute atomic E-state index is 5.54. The first kappa shape index (κ1) is 11.5. The summed E-state index contributed by atoms with van der Waals surface area (Å²) in [5.74, 6) is 1.52. The zero-order valence-electron chi connectivity index (χ0n) is 9.80. The van der Waals surface area contributed by atoms with E-state index in [1.165, 1.54) is 0 Å². The van der Waals surface area contributed by atoms with Crippen LogP contribution >= 0.6 is 0 Å². The maximum atomic E-state index is 5.54. The van der Waals surface area contributed by atoms with Crippen LogP contribution in [-0.4, -0.2) is 11.6 Å². The molecule has 0 bridgehead atoms. The van der Waals surface area contributed by atoms with Crippen molar-refractivity contribution in [2.45, 2.75) is 13.5 Å². The number of hydrogen-bond donors (Lipinski definition) is 0. The molecule has 0 saturated heterocycles. The van der Waals surface area contributed by atoms with Gasteiger partial charge in [-0.1, -0.05) is 18.2 Å². The molecule has 0 N–H and O–H groups in total. The Morgan fingerprint density at radius 2 is 1.82 bits per heavy atom. The Morgan fingerprint density at radius 1 is 1.00 bits per heavy atom. The molecule has 2 aromatic rings. The first-order valence-corrected chi connectivity index (χ1v) is 5.64. The molecule has 0 amide bonds. The Kier molecular flexibility index (Phi) is 3.97. The molecular weight excluding hydrogens is 214 g/mol. The van der Waals surface area contributed by atoms with Gasteiger partial charge in [-0.05, 0) is 30.7 Å². The van der Waals surface area contributed by atoms with Gasteiger partial charge in [0.15, 0.2) is 0 Å². The van der Waals surface area contributed by atoms with Crippen molar-refractivity contribution in [2.75, 3.05) is 6.61 Å². The highest BCUT2D eigenvalue weighted by atomic mass is 16.5. The van der Waals surface area contributed by atoms with Gasteiger partial charge in [0.25, 0.3) is 0 Å². The average molecular weight is 229 g/mol. The van der Waals surface area contributed by atoms with Gasteiger partial charge in [0.05, 0.1) is 6.61 Å². The van der Waals surface area contributed by atoms with Crippen LogP contribution in [0.3, 0.4) is 0 Å². The van der Waals surface area contributed by atoms with Gasteiger partial charge in [-0.3, -0.25) is 0 Å². The van der Waals surface area contributed by atoms with Crippen LogP contribution < -0.4 is 9.47 Å². The highest BCUT2D eigenvalue weighted by Gasteiger charge is 1.97. The minimum atomic E-state index is 0.517. The number of benzene rings is 1. The standard InChI is InChI=1S/C14H15NO2/c1-2-16-13-8-6-12(7-9-13)11-17-14-5-3-4-10-15-14/h3-10H,2,11H2,1H3. The van der Waals surface area contributed by atoms with E-state index >= 15 is 0 Å². The van der Waals surface area contributed by atoms with Crippen LogP contribution in [0.25, 0.3) is 0 Å². The van der Waals surface area contributed by atoms with Crippen LogP contribution in [0.15, 0.2) is 48.7 Å². The maximum Gasteiger partial charge on any atom is 0.213 e. The summed E-state index contributed by atoms with van der Waals surface area (Å²) < 4.78 is 10.9. The predicted molar refractivity (Wildman–Crippen MR) is 66.2 cm³/mol. The molecule has 3 heteroatoms. The molecule has 2 rings (SSSR count). The number of aromatic nitrogens is 1. The lowest BCUT2D eigenvalue weighted by atomic mass is 10.2. The molecule has 0 atom stereocenters. The Morgan fingerprint density at radius 3 is 2.47 bits per heavy atom. The van der Waals surface area contributed by atoms with Crippen LogP contribution in [-0.2, 0) is 6.61 Å². The van der Waals surface area contributed by atoms with Crippen molar-refractivity contribution in [1.29, 1.82) is 0 Å². The smallest absolute Gasteiger partial charge is 0.213 e. The third-order valence-electron chi connectivity index (χ3n) is 2.26. The zero-order chi connectivity index (χ0) is 11.9. The van der Waals surface area contributed by atoms with Gasteiger partial charge in [-0.2, -0.15) is 0 Å². The van der Waals surface area contributed by atoms with E-state index in [0.717, 1.165) is 11.3 Å². The summed E-state index contributed by atoms with van der Waals surface area (Å²) >= 11 is 0. The Balaban J connectivity index is 1.91. The summed E-state index contributed by atoms with van der Waals surface area (Å²) in [7, 11) is 0. The predicted octanol–water partition coefficient (Wildman–Crippen LogP) is 3.06. The van der Waals surface area contributed by atoms with Crippen molar-refractivity contribution in [1.82, 2.24) is 4.98 Å². The van der Waals surface area contributed by atoms with Crippen LogP contribution in [0.4, 0.5) is 0 Å². The van der Waals surface area contributed by atoms with E-state index in [2.05, 4.69) is 4.98 Å². The van der Waals surface area contributed by atoms with E-state index in [0.29, 0.717) is 19.1 Å². The zero-order valence-corrected chi connectivity index (χ0v) is 9.80. The van der Waals surface area contributed by atoms with Crippen molar-refractivity contribution < 1.29 is 9.47 Å². The third kappa shape index (κ3) is 3.48. The van der Waals surface area contributed by atoms with Gasteiger partial charge in [0.2, 0.25) is 5.88 Å². The topological polar surface area (TPSA) is 31.4 Å². The number of rotatable bonds is 5. The van der Waals surface area contributed by atoms with Gasteiger partial charge in [0.1, 0.15) is 12.4 Å². The second kappa shape index (κ2) is 5.89. The quantitative estimate of drug-likeness (QED) is 0.789. The molecule has 0 unspecified atom stereocenters. The number of pyridine rings is 1. The second-order valence-corrected chi connectivity index (χ2v) is 3.53. The molecule has 0 spiro atoms. The first-order valence-electron chi connectivity index (χ1n) is 5.64. The molecular formula is C14H15NO2. The summed E-state index contributed by atoms with van der Waals surface area (Å²) in [6.07, 6.45) is 1.72. The molecule has 1 heterocycles. The van der Waals surface area contributed by atoms with Gasteiger partial charge < -0.3 is 9.47 Å². The molecule has 3 nitrogen and oxygen atoms in total. The van der Waals surface area contributed by atoms with Crippen molar-refractivity contribution in [3.63, 3.8) is 0 Å². The van der Waals surface area contributed by atoms with E-state index in [9.17, 15) is 0 Å². The van der Waals surface area contributed by atoms with Crippen molar-refractivity contribution in [2.24, 2.45) is 0 Å². The molecule has 17 heavy (non-hydrogen) atoms. The van der Waals surface area contributed by atoms with Crippen molar-refractivity contribution >= 4 is 0 Å². The molecule has 0 radical (unpaired) electrons. The molecule has 88 valence electrons. The lowest BCUT2D eigenvalue weighted by molar-refractivity contribution is 0.293. The first-order chi connectivity index (χ1) is 8.38. The van der Waals surface area contributed by atoms with E-state index in [1.54, 1.807) is 6.20 Å². The van der Waals surface area contributed by atoms with Gasteiger partial charge in [-0.25, -0.2) is 4.98 Å². The highest BCUT2D eigenvalue weighted by Crippen LogP contribution is 2.13. The van der Waals surface area contributed by atoms with Crippen molar-refractivity contribution in [3.05, 3.63) is 54.2 Å². The van der Waals surface area contributed by atoms with E-state index in [4.69, 9.17) is 9.47 Å². The Bertz CT molecular complexity index is 440. The van der Waals surface area contributed by atoms with E-state index in [-0.39, 0.29) is 0 Å². The van der Waals surface area contributed by atoms with Gasteiger partial charge in [0, 0.05) is 12.3 Å². The van der Waals surface area contributed by atoms with E-state index in [1.807, 2.05) is 49.4 Å². The second-order valence-electron chi connectivity index (χ2n) is 3.53. The average Bonchev–Trinajstić information content (AvgIpc) is 2.40. The summed E-state index contributed by atoms with van der Waals surface area (Å²) in [6.45, 7) is 3.17. The molecule has 0 aliphatic rings. The monoisotopic (exact) mass is 229 g/mol. The van der Waals surface area contributed by atoms with Gasteiger partial charge >= 0.3 is 0 Å². The number of ether oxygens (including phenoxy) is 2. The molecule has 0 aliphatic carbocycles. The number of nitrogens with zero attached hydrogens (tertiary/aromatic N) is 1. The lowest BCUT2D eigenvalue weighted by Gasteiger charge is -2.06. The molecule has 0 fully saturated rings. The Labute approximate surface area is 101 Å². The minimum absolute atomic E-state index is 0.517. The summed E-state index contributed by atoms with van der Waals surface area (Å²) in [5, 5.41) is 0. The summed E-state index contributed by atoms with van der Waals surface area (Å²) in [6, 6.07) is 13.5. The normalized spacial score (nSPS) is 9.94. The number of hydrogen-bond acceptors (Lipinski definition) is 3. The van der Waals surface area contributed by atoms with Crippen LogP contribution in [0.2, 0.25) is 0 Å². The molecule has 1 aromatic carbocycles. The molecule has 0 saturated carbocycles. The Hall–Kier alpha value is -2.03. The van der Waals surface area contributed by atoms with Crippen LogP contribution in [0.1, 0.15) is 12.5 Å². The van der Waals surface area contributed by atoms with Crippen LogP contribution in [0.5, 0.6) is 11.6 Å². The fraction of sp³-hybridized carbons (Fsp3) is 0.214. The minimum Gasteiger partial charge on any atom is -0.494 e. The van der Waals surface area contributed by atoms with Gasteiger partial charge in [-0.15, -0.1) is 0 Å². The lowest BCUT2D eigenvalue weighted by Crippen LogP contribution is -1.97. The summed E-state index contributed by atoms with van der Waals surface area (Å²) in [5.41, 5.74) is 1.10. The highest BCUT2D eigenvalue weighted by molar-refractivity contribution is 5.27. The third-order valence-corrected chi connectivity index (χ3v) is 2.26. The summed E-state index contributed by atoms with van der Waals surface area (Å²) in [4.78, 5) is 4.09. The molecule has 0 aliphatic heterocycles. The largest absolute Gasteiger partial charge is 0.494 e. The fourth-order valence-corrected chi connectivity index (χ4v) is 1.44. The van der Waals surface area contributed by atoms with Crippen LogP contribution in [0, 0.1) is 0 Å².